The van der Waals surface area contributed by atoms with Crippen LogP contribution in [-0.4, -0.2) is 18.6 Å². The largest absolute Gasteiger partial charge is 0.487 e. The van der Waals surface area contributed by atoms with Gasteiger partial charge in [-0.1, -0.05) is 32.9 Å². The van der Waals surface area contributed by atoms with Crippen LogP contribution in [0.3, 0.4) is 0 Å². The van der Waals surface area contributed by atoms with Crippen molar-refractivity contribution in [2.45, 2.75) is 40.2 Å². The number of nitrogens with zero attached hydrogens (tertiary/aromatic N) is 1. The zero-order chi connectivity index (χ0) is 13.3. The second kappa shape index (κ2) is 4.63. The van der Waals surface area contributed by atoms with Crippen LogP contribution in [0.1, 0.15) is 34.1 Å². The second-order valence-electron chi connectivity index (χ2n) is 6.14. The van der Waals surface area contributed by atoms with Gasteiger partial charge in [0, 0.05) is 6.42 Å². The first-order valence-electron chi connectivity index (χ1n) is 6.43. The number of carbonyl (C=O) groups excluding carboxylic acids is 1. The number of ether oxygens (including phenoxy) is 1. The van der Waals surface area contributed by atoms with E-state index in [4.69, 9.17) is 4.74 Å². The average Bonchev–Trinajstić information content (AvgIpc) is 2.25. The number of anilines is 1. The van der Waals surface area contributed by atoms with Crippen LogP contribution in [0.25, 0.3) is 0 Å². The number of rotatable bonds is 1. The summed E-state index contributed by atoms with van der Waals surface area (Å²) in [5, 5.41) is 0. The Bertz CT molecular complexity index is 448. The summed E-state index contributed by atoms with van der Waals surface area (Å²) in [5.74, 6) is 0.976. The standard InChI is InChI=1S/C15H21NO2/c1-11-10-16(14(17)9-15(2,3)4)12-7-5-6-8-13(12)18-11/h5-8,11H,9-10H2,1-4H3. The molecule has 0 fully saturated rings. The maximum absolute atomic E-state index is 12.4. The lowest BCUT2D eigenvalue weighted by molar-refractivity contribution is -0.120. The van der Waals surface area contributed by atoms with E-state index in [1.54, 1.807) is 0 Å². The van der Waals surface area contributed by atoms with Gasteiger partial charge in [-0.2, -0.15) is 0 Å². The minimum Gasteiger partial charge on any atom is -0.487 e. The highest BCUT2D eigenvalue weighted by Crippen LogP contribution is 2.34. The van der Waals surface area contributed by atoms with Crippen LogP contribution < -0.4 is 9.64 Å². The minimum atomic E-state index is 0.00751. The van der Waals surface area contributed by atoms with Crippen LogP contribution in [0, 0.1) is 5.41 Å². The molecule has 1 aromatic carbocycles. The number of amides is 1. The lowest BCUT2D eigenvalue weighted by Crippen LogP contribution is -2.43. The molecule has 0 spiro atoms. The molecule has 3 heteroatoms. The fourth-order valence-electron chi connectivity index (χ4n) is 2.17. The van der Waals surface area contributed by atoms with Crippen LogP contribution in [0.2, 0.25) is 0 Å². The van der Waals surface area contributed by atoms with Crippen molar-refractivity contribution in [1.29, 1.82) is 0 Å². The van der Waals surface area contributed by atoms with Gasteiger partial charge in [0.1, 0.15) is 11.9 Å². The van der Waals surface area contributed by atoms with Gasteiger partial charge in [0.15, 0.2) is 0 Å². The molecule has 1 amide bonds. The van der Waals surface area contributed by atoms with Crippen LogP contribution in [-0.2, 0) is 4.79 Å². The van der Waals surface area contributed by atoms with E-state index < -0.39 is 0 Å². The number of carbonyl (C=O) groups is 1. The molecule has 0 saturated heterocycles. The van der Waals surface area contributed by atoms with Crippen LogP contribution in [0.4, 0.5) is 5.69 Å². The lowest BCUT2D eigenvalue weighted by atomic mass is 9.91. The number of benzene rings is 1. The van der Waals surface area contributed by atoms with E-state index in [9.17, 15) is 4.79 Å². The van der Waals surface area contributed by atoms with Crippen LogP contribution in [0.15, 0.2) is 24.3 Å². The van der Waals surface area contributed by atoms with Crippen molar-refractivity contribution in [2.24, 2.45) is 5.41 Å². The monoisotopic (exact) mass is 247 g/mol. The molecule has 0 saturated carbocycles. The van der Waals surface area contributed by atoms with Gasteiger partial charge in [0.25, 0.3) is 0 Å². The molecule has 1 atom stereocenters. The van der Waals surface area contributed by atoms with Gasteiger partial charge in [0.2, 0.25) is 5.91 Å². The van der Waals surface area contributed by atoms with Crippen molar-refractivity contribution in [3.63, 3.8) is 0 Å². The molecule has 0 aromatic heterocycles. The van der Waals surface area contributed by atoms with Gasteiger partial charge < -0.3 is 9.64 Å². The SMILES string of the molecule is CC1CN(C(=O)CC(C)(C)C)c2ccccc2O1. The Balaban J connectivity index is 2.26. The minimum absolute atomic E-state index is 0.00751. The van der Waals surface area contributed by atoms with Crippen molar-refractivity contribution < 1.29 is 9.53 Å². The average molecular weight is 247 g/mol. The van der Waals surface area contributed by atoms with Gasteiger partial charge in [0.05, 0.1) is 12.2 Å². The Hall–Kier alpha value is -1.51. The zero-order valence-corrected chi connectivity index (χ0v) is 11.6. The third kappa shape index (κ3) is 2.84. The van der Waals surface area contributed by atoms with Crippen LogP contribution >= 0.6 is 0 Å². The summed E-state index contributed by atoms with van der Waals surface area (Å²) < 4.78 is 5.75. The predicted octanol–water partition coefficient (Wildman–Crippen LogP) is 3.24. The van der Waals surface area contributed by atoms with E-state index in [-0.39, 0.29) is 17.4 Å². The van der Waals surface area contributed by atoms with Crippen LogP contribution in [0.5, 0.6) is 5.75 Å². The van der Waals surface area contributed by atoms with Gasteiger partial charge >= 0.3 is 0 Å². The first kappa shape index (κ1) is 12.9. The van der Waals surface area contributed by atoms with Crippen molar-refractivity contribution >= 4 is 11.6 Å². The molecule has 2 rings (SSSR count). The first-order valence-corrected chi connectivity index (χ1v) is 6.43. The first-order chi connectivity index (χ1) is 8.37. The smallest absolute Gasteiger partial charge is 0.227 e. The summed E-state index contributed by atoms with van der Waals surface area (Å²) in [6.07, 6.45) is 0.595. The molecule has 1 heterocycles. The molecule has 3 nitrogen and oxygen atoms in total. The summed E-state index contributed by atoms with van der Waals surface area (Å²) in [6.45, 7) is 8.88. The molecule has 0 aliphatic carbocycles. The maximum atomic E-state index is 12.4. The van der Waals surface area contributed by atoms with Gasteiger partial charge in [-0.15, -0.1) is 0 Å². The second-order valence-corrected chi connectivity index (χ2v) is 6.14. The van der Waals surface area contributed by atoms with Crippen molar-refractivity contribution in [1.82, 2.24) is 0 Å². The van der Waals surface area contributed by atoms with E-state index in [1.165, 1.54) is 0 Å². The molecule has 1 aromatic rings. The molecule has 0 bridgehead atoms. The third-order valence-corrected chi connectivity index (χ3v) is 2.91. The number of hydrogen-bond acceptors (Lipinski definition) is 2. The summed E-state index contributed by atoms with van der Waals surface area (Å²) in [6, 6.07) is 7.74. The number of hydrogen-bond donors (Lipinski definition) is 0. The topological polar surface area (TPSA) is 29.5 Å². The Kier molecular flexibility index (Phi) is 3.33. The molecule has 18 heavy (non-hydrogen) atoms. The highest BCUT2D eigenvalue weighted by atomic mass is 16.5. The summed E-state index contributed by atoms with van der Waals surface area (Å²) >= 11 is 0. The Morgan fingerprint density at radius 1 is 1.39 bits per heavy atom. The molecule has 1 unspecified atom stereocenters. The fourth-order valence-corrected chi connectivity index (χ4v) is 2.17. The Labute approximate surface area is 109 Å². The molecule has 1 aliphatic rings. The number of para-hydroxylation sites is 2. The van der Waals surface area contributed by atoms with E-state index in [2.05, 4.69) is 20.8 Å². The maximum Gasteiger partial charge on any atom is 0.227 e. The van der Waals surface area contributed by atoms with Crippen molar-refractivity contribution in [3.8, 4) is 5.75 Å². The van der Waals surface area contributed by atoms with E-state index >= 15 is 0 Å². The lowest BCUT2D eigenvalue weighted by Gasteiger charge is -2.34. The summed E-state index contributed by atoms with van der Waals surface area (Å²) in [4.78, 5) is 14.2. The summed E-state index contributed by atoms with van der Waals surface area (Å²) in [5.41, 5.74) is 0.901. The quantitative estimate of drug-likeness (QED) is 0.762. The Morgan fingerprint density at radius 2 is 2.06 bits per heavy atom. The van der Waals surface area contributed by atoms with Gasteiger partial charge in [-0.3, -0.25) is 4.79 Å². The van der Waals surface area contributed by atoms with E-state index in [0.29, 0.717) is 13.0 Å². The highest BCUT2D eigenvalue weighted by Gasteiger charge is 2.29. The zero-order valence-electron chi connectivity index (χ0n) is 11.6. The fraction of sp³-hybridized carbons (Fsp3) is 0.533. The predicted molar refractivity (Wildman–Crippen MR) is 73.0 cm³/mol. The Morgan fingerprint density at radius 3 is 2.72 bits per heavy atom. The molecule has 1 aliphatic heterocycles. The molecular weight excluding hydrogens is 226 g/mol. The molecule has 0 N–H and O–H groups in total. The number of fused-ring (bicyclic) bond motifs is 1. The van der Waals surface area contributed by atoms with Gasteiger partial charge in [-0.25, -0.2) is 0 Å². The van der Waals surface area contributed by atoms with Gasteiger partial charge in [-0.05, 0) is 24.5 Å². The van der Waals surface area contributed by atoms with Crippen molar-refractivity contribution in [2.75, 3.05) is 11.4 Å². The third-order valence-electron chi connectivity index (χ3n) is 2.91. The van der Waals surface area contributed by atoms with E-state index in [1.807, 2.05) is 36.1 Å². The highest BCUT2D eigenvalue weighted by molar-refractivity contribution is 5.95. The summed E-state index contributed by atoms with van der Waals surface area (Å²) in [7, 11) is 0. The normalized spacial score (nSPS) is 19.1. The molecular formula is C15H21NO2. The van der Waals surface area contributed by atoms with E-state index in [0.717, 1.165) is 11.4 Å². The molecule has 98 valence electrons. The van der Waals surface area contributed by atoms with Crippen molar-refractivity contribution in [3.05, 3.63) is 24.3 Å². The molecule has 0 radical (unpaired) electrons.